The number of likely N-dealkylation sites (N-methyl/N-ethyl adjacent to an activating group) is 7. The molecule has 5 fully saturated rings. The topological polar surface area (TPSA) is 278 Å². The Balaban J connectivity index is 1.66. The summed E-state index contributed by atoms with van der Waals surface area (Å²) in [5.74, 6) is -6.91. The van der Waals surface area contributed by atoms with Crippen LogP contribution in [-0.2, 0) is 52.7 Å². The van der Waals surface area contributed by atoms with Crippen LogP contribution in [0.25, 0.3) is 0 Å². The molecule has 0 radical (unpaired) electrons. The molecule has 4 unspecified atom stereocenters. The van der Waals surface area contributed by atoms with Gasteiger partial charge in [0.1, 0.15) is 72.4 Å². The van der Waals surface area contributed by atoms with Crippen LogP contribution in [0.2, 0.25) is 0 Å². The van der Waals surface area contributed by atoms with E-state index in [9.17, 15) is 28.8 Å². The minimum Gasteiger partial charge on any atom is -0.368 e. The summed E-state index contributed by atoms with van der Waals surface area (Å²) in [7, 11) is 10.2. The Morgan fingerprint density at radius 3 is 1.49 bits per heavy atom. The minimum atomic E-state index is -1.33. The van der Waals surface area contributed by atoms with Crippen molar-refractivity contribution in [1.29, 1.82) is 0 Å². The predicted octanol–water partition coefficient (Wildman–Crippen LogP) is 2.33. The third kappa shape index (κ3) is 17.6. The van der Waals surface area contributed by atoms with Crippen molar-refractivity contribution in [3.63, 3.8) is 0 Å². The molecule has 0 aromatic heterocycles. The minimum absolute atomic E-state index is 0.0933. The average Bonchev–Trinajstić information content (AvgIpc) is 1.60. The first-order valence-corrected chi connectivity index (χ1v) is 33.3. The first-order chi connectivity index (χ1) is 42.5. The second kappa shape index (κ2) is 32.4. The number of imide groups is 1. The summed E-state index contributed by atoms with van der Waals surface area (Å²) in [4.78, 5) is 183. The van der Waals surface area contributed by atoms with Crippen LogP contribution < -0.4 is 16.0 Å². The van der Waals surface area contributed by atoms with Gasteiger partial charge in [0, 0.05) is 75.4 Å². The van der Waals surface area contributed by atoms with Crippen molar-refractivity contribution in [2.45, 2.75) is 227 Å². The molecular weight excluding hydrogens is 1170 g/mol. The SMILES string of the molecule is CCC1C(=O)N(C)[C@H](C)C(=O)N(C)[C@@H](CC(C)C)C(=O)NC(C(C)C)C(=O)N(C)C(CC(C)C)C(=O)N[C@H](C)C(=O)NC(=O)N(C)[C@H](CC(C)C)C(=O)N(C)[C@@H](CC(C)C)C(=O)N(C)[C@@H]2C(=O)N(C)[C@@H]3C(=O)N1[C@H](CC1=NCCN1CCN1CCCC1)[C@H]3OC2C. The molecule has 0 spiro atoms. The number of nitrogens with zero attached hydrogens (tertiary/aromatic N) is 11. The van der Waals surface area contributed by atoms with E-state index in [2.05, 4.69) is 25.8 Å². The number of hydrogen-bond acceptors (Lipinski definition) is 15. The summed E-state index contributed by atoms with van der Waals surface area (Å²) in [5, 5.41) is 7.90. The number of nitrogens with one attached hydrogen (secondary N) is 3. The standard InChI is InChI=1S/C65H112N14O12/c1-22-44-59(84)70(15)42(13)58(83)71(16)47(32-37(4)5)57(82)68-51(40(10)11)62(87)72(17)46(31-36(2)3)56(81)67-41(12)55(80)69-65(90)74(19)49(34-39(8)9)60(85)73(18)48(33-38(6)7)61(86)75(20)52-43(14)91-54-45(79(44)64(89)53(54)76(21)63(52)88)35-50-66-25-28-78(50)30-29-77-26-23-24-27-77/h36-49,51-54H,22-35H2,1-21H3,(H,67,81)(H,68,82)(H,69,80,90)/t41-,42-,43?,44?,45-,46?,47+,48+,49-,51?,52+,53+,54-/m1/s1. The van der Waals surface area contributed by atoms with Gasteiger partial charge in [0.2, 0.25) is 59.1 Å². The second-order valence-electron chi connectivity index (χ2n) is 28.3. The lowest BCUT2D eigenvalue weighted by molar-refractivity contribution is -0.156. The summed E-state index contributed by atoms with van der Waals surface area (Å²) in [5.41, 5.74) is 0. The highest BCUT2D eigenvalue weighted by Gasteiger charge is 2.59. The number of fused-ring (bicyclic) bond motifs is 27. The zero-order chi connectivity index (χ0) is 68.5. The first kappa shape index (κ1) is 75.3. The summed E-state index contributed by atoms with van der Waals surface area (Å²) >= 11 is 0. The van der Waals surface area contributed by atoms with Crippen LogP contribution in [0.4, 0.5) is 4.79 Å². The fourth-order valence-electron chi connectivity index (χ4n) is 13.5. The molecule has 6 rings (SSSR count). The van der Waals surface area contributed by atoms with Gasteiger partial charge in [0.05, 0.1) is 18.7 Å². The Hall–Kier alpha value is -6.44. The highest BCUT2D eigenvalue weighted by atomic mass is 16.5. The Morgan fingerprint density at radius 1 is 0.495 bits per heavy atom. The molecule has 514 valence electrons. The molecule has 0 saturated carbocycles. The van der Waals surface area contributed by atoms with Crippen LogP contribution in [0, 0.1) is 29.6 Å². The number of ether oxygens (including phenoxy) is 1. The lowest BCUT2D eigenvalue weighted by Gasteiger charge is -2.40. The van der Waals surface area contributed by atoms with Gasteiger partial charge in [-0.1, -0.05) is 76.2 Å². The molecule has 4 bridgehead atoms. The Kier molecular flexibility index (Phi) is 26.8. The third-order valence-electron chi connectivity index (χ3n) is 19.2. The number of carbonyl (C=O) groups excluding carboxylic acids is 11. The smallest absolute Gasteiger partial charge is 0.324 e. The van der Waals surface area contributed by atoms with Crippen molar-refractivity contribution in [2.75, 3.05) is 88.6 Å². The average molecular weight is 1280 g/mol. The lowest BCUT2D eigenvalue weighted by Crippen LogP contribution is -2.62. The van der Waals surface area contributed by atoms with E-state index >= 15 is 24.0 Å². The maximum Gasteiger partial charge on any atom is 0.324 e. The number of aliphatic imine (C=N–C) groups is 1. The number of likely N-dealkylation sites (tertiary alicyclic amines) is 1. The summed E-state index contributed by atoms with van der Waals surface area (Å²) in [6.07, 6.45) is 0.922. The summed E-state index contributed by atoms with van der Waals surface area (Å²) in [6.45, 7) is 29.5. The van der Waals surface area contributed by atoms with Gasteiger partial charge in [-0.2, -0.15) is 0 Å². The Morgan fingerprint density at radius 2 is 0.967 bits per heavy atom. The van der Waals surface area contributed by atoms with E-state index in [1.54, 1.807) is 34.6 Å². The van der Waals surface area contributed by atoms with Crippen LogP contribution >= 0.6 is 0 Å². The molecule has 12 amide bonds. The molecule has 5 saturated heterocycles. The van der Waals surface area contributed by atoms with Crippen molar-refractivity contribution >= 4 is 70.9 Å². The number of amidine groups is 1. The van der Waals surface area contributed by atoms with Gasteiger partial charge in [-0.3, -0.25) is 58.3 Å². The molecule has 26 nitrogen and oxygen atoms in total. The van der Waals surface area contributed by atoms with Crippen molar-refractivity contribution < 1.29 is 57.5 Å². The molecule has 6 heterocycles. The van der Waals surface area contributed by atoms with Gasteiger partial charge in [-0.15, -0.1) is 0 Å². The summed E-state index contributed by atoms with van der Waals surface area (Å²) in [6, 6.07) is -14.1. The second-order valence-corrected chi connectivity index (χ2v) is 28.3. The highest BCUT2D eigenvalue weighted by molar-refractivity contribution is 6.02. The van der Waals surface area contributed by atoms with Gasteiger partial charge in [-0.05, 0) is 108 Å². The van der Waals surface area contributed by atoms with E-state index in [0.717, 1.165) is 43.2 Å². The fourth-order valence-corrected chi connectivity index (χ4v) is 13.5. The molecule has 0 aromatic carbocycles. The number of rotatable bonds is 15. The van der Waals surface area contributed by atoms with Crippen molar-refractivity contribution in [1.82, 2.24) is 64.9 Å². The van der Waals surface area contributed by atoms with Crippen LogP contribution in [0.3, 0.4) is 0 Å². The molecular formula is C65H112N14O12. The highest BCUT2D eigenvalue weighted by Crippen LogP contribution is 2.37. The van der Waals surface area contributed by atoms with Gasteiger partial charge >= 0.3 is 6.03 Å². The molecule has 6 aliphatic rings. The first-order valence-electron chi connectivity index (χ1n) is 33.3. The molecule has 13 atom stereocenters. The number of amides is 12. The van der Waals surface area contributed by atoms with Crippen LogP contribution in [-0.4, -0.2) is 287 Å². The Labute approximate surface area is 541 Å². The van der Waals surface area contributed by atoms with E-state index in [1.807, 2.05) is 55.4 Å². The van der Waals surface area contributed by atoms with E-state index in [4.69, 9.17) is 9.73 Å². The number of carbonyl (C=O) groups is 11. The predicted molar refractivity (Wildman–Crippen MR) is 346 cm³/mol. The van der Waals surface area contributed by atoms with E-state index in [1.165, 1.54) is 90.6 Å². The Bertz CT molecular complexity index is 2660. The van der Waals surface area contributed by atoms with Crippen LogP contribution in [0.1, 0.15) is 148 Å². The molecule has 6 aliphatic heterocycles. The van der Waals surface area contributed by atoms with Gasteiger partial charge < -0.3 is 64.4 Å². The normalized spacial score (nSPS) is 30.4. The van der Waals surface area contributed by atoms with Crippen LogP contribution in [0.15, 0.2) is 4.99 Å². The lowest BCUT2D eigenvalue weighted by atomic mass is 9.96. The largest absolute Gasteiger partial charge is 0.368 e. The molecule has 91 heavy (non-hydrogen) atoms. The van der Waals surface area contributed by atoms with E-state index in [-0.39, 0.29) is 62.2 Å². The van der Waals surface area contributed by atoms with Crippen molar-refractivity contribution in [2.24, 2.45) is 34.6 Å². The molecule has 0 aromatic rings. The number of hydrogen-bond donors (Lipinski definition) is 3. The maximum absolute atomic E-state index is 15.7. The van der Waals surface area contributed by atoms with Gasteiger partial charge in [0.25, 0.3) is 0 Å². The monoisotopic (exact) mass is 1280 g/mol. The van der Waals surface area contributed by atoms with Crippen LogP contribution in [0.5, 0.6) is 0 Å². The van der Waals surface area contributed by atoms with Crippen molar-refractivity contribution in [3.8, 4) is 0 Å². The van der Waals surface area contributed by atoms with Crippen molar-refractivity contribution in [3.05, 3.63) is 0 Å². The maximum atomic E-state index is 15.7. The molecule has 0 aliphatic carbocycles. The van der Waals surface area contributed by atoms with Gasteiger partial charge in [0.15, 0.2) is 0 Å². The quantitative estimate of drug-likeness (QED) is 0.199. The fraction of sp³-hybridized carbons (Fsp3) is 0.815. The zero-order valence-corrected chi connectivity index (χ0v) is 58.6. The summed E-state index contributed by atoms with van der Waals surface area (Å²) < 4.78 is 7.03. The van der Waals surface area contributed by atoms with Gasteiger partial charge in [-0.25, -0.2) is 4.79 Å². The molecule has 3 N–H and O–H groups in total. The van der Waals surface area contributed by atoms with E-state index < -0.39 is 150 Å². The zero-order valence-electron chi connectivity index (χ0n) is 58.6. The number of urea groups is 1. The molecule has 26 heteroatoms. The third-order valence-corrected chi connectivity index (χ3v) is 19.2. The van der Waals surface area contributed by atoms with E-state index in [0.29, 0.717) is 19.6 Å².